The summed E-state index contributed by atoms with van der Waals surface area (Å²) in [6, 6.07) is 0. The molecule has 0 unspecified atom stereocenters. The number of allylic oxidation sites excluding steroid dienone is 1. The normalized spacial score (nSPS) is 43.3. The molecule has 6 heteroatoms. The lowest BCUT2D eigenvalue weighted by atomic mass is 9.46. The summed E-state index contributed by atoms with van der Waals surface area (Å²) in [7, 11) is 0. The van der Waals surface area contributed by atoms with E-state index < -0.39 is 23.2 Å². The number of esters is 1. The Morgan fingerprint density at radius 2 is 1.80 bits per heavy atom. The van der Waals surface area contributed by atoms with Crippen LogP contribution >= 0.6 is 0 Å². The Bertz CT molecular complexity index is 772. The first-order valence-electron chi connectivity index (χ1n) is 11.5. The Morgan fingerprint density at radius 1 is 1.10 bits per heavy atom. The van der Waals surface area contributed by atoms with E-state index >= 15 is 0 Å². The molecule has 0 aromatic heterocycles. The molecule has 0 aromatic rings. The highest BCUT2D eigenvalue weighted by Crippen LogP contribution is 2.69. The van der Waals surface area contributed by atoms with Crippen molar-refractivity contribution in [2.45, 2.75) is 96.8 Å². The highest BCUT2D eigenvalue weighted by Gasteiger charge is 2.66. The van der Waals surface area contributed by atoms with E-state index in [2.05, 4.69) is 13.8 Å². The van der Waals surface area contributed by atoms with Crippen molar-refractivity contribution in [2.75, 3.05) is 0 Å². The summed E-state index contributed by atoms with van der Waals surface area (Å²) in [6.07, 6.45) is 4.48. The van der Waals surface area contributed by atoms with E-state index in [0.29, 0.717) is 37.5 Å². The van der Waals surface area contributed by atoms with Gasteiger partial charge in [-0.15, -0.1) is 0 Å². The molecular formula is C24H33F3O3. The summed E-state index contributed by atoms with van der Waals surface area (Å²) in [5.41, 5.74) is -0.141. The molecule has 30 heavy (non-hydrogen) atoms. The molecule has 0 aliphatic heterocycles. The number of hydrogen-bond acceptors (Lipinski definition) is 3. The predicted octanol–water partition coefficient (Wildman–Crippen LogP) is 6.16. The smallest absolute Gasteiger partial charge is 0.452 e. The van der Waals surface area contributed by atoms with E-state index in [9.17, 15) is 22.8 Å². The van der Waals surface area contributed by atoms with Gasteiger partial charge in [0.15, 0.2) is 5.78 Å². The van der Waals surface area contributed by atoms with Crippen LogP contribution in [-0.2, 0) is 14.3 Å². The fourth-order valence-electron chi connectivity index (χ4n) is 7.92. The third-order valence-electron chi connectivity index (χ3n) is 9.42. The Labute approximate surface area is 176 Å². The van der Waals surface area contributed by atoms with Gasteiger partial charge >= 0.3 is 12.1 Å². The van der Waals surface area contributed by atoms with Crippen molar-refractivity contribution >= 4 is 11.8 Å². The molecule has 6 atom stereocenters. The Balaban J connectivity index is 1.65. The van der Waals surface area contributed by atoms with Crippen molar-refractivity contribution in [3.8, 4) is 0 Å². The Hall–Kier alpha value is -1.33. The third-order valence-corrected chi connectivity index (χ3v) is 9.42. The molecule has 0 N–H and O–H groups in total. The van der Waals surface area contributed by atoms with E-state index in [1.807, 2.05) is 13.0 Å². The maximum Gasteiger partial charge on any atom is 0.490 e. The van der Waals surface area contributed by atoms with Crippen LogP contribution in [0.2, 0.25) is 0 Å². The zero-order valence-corrected chi connectivity index (χ0v) is 18.2. The monoisotopic (exact) mass is 426 g/mol. The van der Waals surface area contributed by atoms with Crippen LogP contribution < -0.4 is 0 Å². The minimum absolute atomic E-state index is 0.0246. The first-order valence-corrected chi connectivity index (χ1v) is 11.5. The lowest BCUT2D eigenvalue weighted by Crippen LogP contribution is -2.56. The highest BCUT2D eigenvalue weighted by atomic mass is 19.4. The van der Waals surface area contributed by atoms with Gasteiger partial charge < -0.3 is 4.74 Å². The van der Waals surface area contributed by atoms with Gasteiger partial charge in [-0.2, -0.15) is 13.2 Å². The fourth-order valence-corrected chi connectivity index (χ4v) is 7.92. The molecule has 0 spiro atoms. The summed E-state index contributed by atoms with van der Waals surface area (Å²) in [5.74, 6) is -0.670. The van der Waals surface area contributed by atoms with Crippen LogP contribution in [0.1, 0.15) is 85.0 Å². The maximum atomic E-state index is 13.1. The van der Waals surface area contributed by atoms with Crippen LogP contribution in [-0.4, -0.2) is 23.5 Å². The number of ether oxygens (including phenoxy) is 1. The van der Waals surface area contributed by atoms with E-state index in [1.165, 1.54) is 5.57 Å². The van der Waals surface area contributed by atoms with Crippen molar-refractivity contribution in [1.29, 1.82) is 0 Å². The Morgan fingerprint density at radius 3 is 2.47 bits per heavy atom. The number of halogens is 3. The number of fused-ring (bicyclic) bond motifs is 5. The molecule has 4 aliphatic rings. The second-order valence-corrected chi connectivity index (χ2v) is 10.6. The second-order valence-electron chi connectivity index (χ2n) is 10.6. The van der Waals surface area contributed by atoms with Gasteiger partial charge in [-0.05, 0) is 80.6 Å². The van der Waals surface area contributed by atoms with Gasteiger partial charge in [0.2, 0.25) is 0 Å². The average Bonchev–Trinajstić information content (AvgIpc) is 2.94. The molecule has 0 amide bonds. The van der Waals surface area contributed by atoms with Gasteiger partial charge in [0.1, 0.15) is 5.60 Å². The zero-order valence-electron chi connectivity index (χ0n) is 18.2. The van der Waals surface area contributed by atoms with Gasteiger partial charge in [-0.3, -0.25) is 4.79 Å². The van der Waals surface area contributed by atoms with E-state index in [4.69, 9.17) is 4.74 Å². The lowest BCUT2D eigenvalue weighted by molar-refractivity contribution is -0.230. The summed E-state index contributed by atoms with van der Waals surface area (Å²) >= 11 is 0. The molecule has 168 valence electrons. The van der Waals surface area contributed by atoms with Gasteiger partial charge in [0.05, 0.1) is 0 Å². The molecule has 0 bridgehead atoms. The van der Waals surface area contributed by atoms with Crippen molar-refractivity contribution in [1.82, 2.24) is 0 Å². The largest absolute Gasteiger partial charge is 0.490 e. The zero-order chi connectivity index (χ0) is 21.9. The number of hydrogen-bond donors (Lipinski definition) is 0. The molecule has 0 saturated heterocycles. The number of carbonyl (C=O) groups excluding carboxylic acids is 2. The van der Waals surface area contributed by atoms with Crippen LogP contribution in [0.5, 0.6) is 0 Å². The third kappa shape index (κ3) is 3.07. The first-order chi connectivity index (χ1) is 14.0. The first kappa shape index (κ1) is 21.9. The standard InChI is InChI=1S/C24H33F3O3/c1-4-10-23(30-20(29)24(25,26)27)13-9-19-17-6-5-15-14-16(28)7-11-21(15,2)18(17)8-12-22(19,23)3/h14,17-19H,4-13H2,1-3H3/t17-,18+,19+,21+,22+,23+/m1/s1. The van der Waals surface area contributed by atoms with E-state index in [1.54, 1.807) is 0 Å². The van der Waals surface area contributed by atoms with Crippen LogP contribution in [0.15, 0.2) is 11.6 Å². The predicted molar refractivity (Wildman–Crippen MR) is 106 cm³/mol. The van der Waals surface area contributed by atoms with E-state index in [0.717, 1.165) is 38.5 Å². The van der Waals surface area contributed by atoms with E-state index in [-0.39, 0.29) is 17.1 Å². The van der Waals surface area contributed by atoms with Crippen LogP contribution in [0, 0.1) is 28.6 Å². The molecule has 0 heterocycles. The SMILES string of the molecule is CCC[C@]1(OC(=O)C(F)(F)F)CC[C@H]2[C@@H]3CCC4=CC(=O)CC[C@]4(C)[C@H]3CC[C@@]21C. The van der Waals surface area contributed by atoms with Gasteiger partial charge in [0.25, 0.3) is 0 Å². The number of carbonyl (C=O) groups is 2. The van der Waals surface area contributed by atoms with Gasteiger partial charge in [-0.25, -0.2) is 4.79 Å². The highest BCUT2D eigenvalue weighted by molar-refractivity contribution is 5.91. The number of rotatable bonds is 3. The van der Waals surface area contributed by atoms with Crippen LogP contribution in [0.4, 0.5) is 13.2 Å². The van der Waals surface area contributed by atoms with Crippen molar-refractivity contribution in [3.63, 3.8) is 0 Å². The molecule has 3 nitrogen and oxygen atoms in total. The van der Waals surface area contributed by atoms with Crippen molar-refractivity contribution in [2.24, 2.45) is 28.6 Å². The molecule has 3 fully saturated rings. The summed E-state index contributed by atoms with van der Waals surface area (Å²) in [5, 5.41) is 0. The number of ketones is 1. The minimum Gasteiger partial charge on any atom is -0.452 e. The second kappa shape index (κ2) is 7.09. The van der Waals surface area contributed by atoms with Gasteiger partial charge in [-0.1, -0.05) is 32.8 Å². The fraction of sp³-hybridized carbons (Fsp3) is 0.833. The van der Waals surface area contributed by atoms with Crippen LogP contribution in [0.25, 0.3) is 0 Å². The molecular weight excluding hydrogens is 393 g/mol. The summed E-state index contributed by atoms with van der Waals surface area (Å²) in [6.45, 7) is 6.32. The Kier molecular flexibility index (Phi) is 5.18. The quantitative estimate of drug-likeness (QED) is 0.508. The average molecular weight is 427 g/mol. The van der Waals surface area contributed by atoms with Crippen molar-refractivity contribution in [3.05, 3.63) is 11.6 Å². The molecule has 4 aliphatic carbocycles. The van der Waals surface area contributed by atoms with Crippen molar-refractivity contribution < 1.29 is 27.5 Å². The topological polar surface area (TPSA) is 43.4 Å². The number of alkyl halides is 3. The lowest BCUT2D eigenvalue weighted by Gasteiger charge is -2.59. The summed E-state index contributed by atoms with van der Waals surface area (Å²) in [4.78, 5) is 23.9. The molecule has 0 aromatic carbocycles. The summed E-state index contributed by atoms with van der Waals surface area (Å²) < 4.78 is 44.7. The minimum atomic E-state index is -4.96. The maximum absolute atomic E-state index is 13.1. The molecule has 0 radical (unpaired) electrons. The molecule has 3 saturated carbocycles. The van der Waals surface area contributed by atoms with Crippen LogP contribution in [0.3, 0.4) is 0 Å². The molecule has 4 rings (SSSR count). The van der Waals surface area contributed by atoms with Gasteiger partial charge in [0, 0.05) is 11.8 Å².